The highest BCUT2D eigenvalue weighted by Gasteiger charge is 2.32. The molecule has 1 heterocycles. The highest BCUT2D eigenvalue weighted by Crippen LogP contribution is 2.34. The van der Waals surface area contributed by atoms with Crippen molar-refractivity contribution < 1.29 is 0 Å². The molecule has 1 aromatic rings. The van der Waals surface area contributed by atoms with E-state index in [0.717, 1.165) is 19.0 Å². The predicted molar refractivity (Wildman–Crippen MR) is 66.3 cm³/mol. The molecule has 0 saturated heterocycles. The van der Waals surface area contributed by atoms with Crippen molar-refractivity contribution in [2.45, 2.75) is 25.4 Å². The molecule has 3 nitrogen and oxygen atoms in total. The van der Waals surface area contributed by atoms with E-state index in [1.54, 1.807) is 6.20 Å². The Morgan fingerprint density at radius 3 is 2.94 bits per heavy atom. The van der Waals surface area contributed by atoms with Gasteiger partial charge in [0, 0.05) is 25.3 Å². The summed E-state index contributed by atoms with van der Waals surface area (Å²) in [5.74, 6) is 0.798. The van der Waals surface area contributed by atoms with Crippen LogP contribution in [-0.2, 0) is 6.54 Å². The van der Waals surface area contributed by atoms with Crippen molar-refractivity contribution in [3.63, 3.8) is 0 Å². The molecule has 2 rings (SSSR count). The van der Waals surface area contributed by atoms with Crippen molar-refractivity contribution in [2.24, 2.45) is 11.7 Å². The van der Waals surface area contributed by atoms with Gasteiger partial charge in [-0.1, -0.05) is 11.6 Å². The van der Waals surface area contributed by atoms with Crippen LogP contribution in [0.3, 0.4) is 0 Å². The number of nitrogens with two attached hydrogens (primary N) is 1. The zero-order valence-electron chi connectivity index (χ0n) is 9.56. The van der Waals surface area contributed by atoms with Crippen molar-refractivity contribution in [3.05, 3.63) is 29.0 Å². The minimum Gasteiger partial charge on any atom is -0.329 e. The van der Waals surface area contributed by atoms with E-state index in [1.165, 1.54) is 18.4 Å². The smallest absolute Gasteiger partial charge is 0.129 e. The van der Waals surface area contributed by atoms with Gasteiger partial charge in [0.15, 0.2) is 0 Å². The molecule has 16 heavy (non-hydrogen) atoms. The van der Waals surface area contributed by atoms with Gasteiger partial charge in [0.1, 0.15) is 5.15 Å². The highest BCUT2D eigenvalue weighted by atomic mass is 35.5. The number of hydrogen-bond donors (Lipinski definition) is 1. The van der Waals surface area contributed by atoms with Gasteiger partial charge < -0.3 is 5.73 Å². The summed E-state index contributed by atoms with van der Waals surface area (Å²) in [6.07, 6.45) is 4.40. The van der Waals surface area contributed by atoms with Crippen LogP contribution in [0.25, 0.3) is 0 Å². The molecule has 0 radical (unpaired) electrons. The van der Waals surface area contributed by atoms with Gasteiger partial charge in [0.05, 0.1) is 0 Å². The molecule has 1 unspecified atom stereocenters. The van der Waals surface area contributed by atoms with Gasteiger partial charge >= 0.3 is 0 Å². The standard InChI is InChI=1S/C12H18ClN3/c1-16(11(7-14)10-2-3-10)8-9-4-5-15-12(13)6-9/h4-6,10-11H,2-3,7-8,14H2,1H3. The summed E-state index contributed by atoms with van der Waals surface area (Å²) < 4.78 is 0. The lowest BCUT2D eigenvalue weighted by Gasteiger charge is -2.26. The fourth-order valence-corrected chi connectivity index (χ4v) is 2.36. The Bertz CT molecular complexity index is 352. The predicted octanol–water partition coefficient (Wildman–Crippen LogP) is 1.90. The van der Waals surface area contributed by atoms with E-state index in [2.05, 4.69) is 16.9 Å². The number of aromatic nitrogens is 1. The molecule has 0 aliphatic heterocycles. The van der Waals surface area contributed by atoms with Crippen molar-refractivity contribution in [1.29, 1.82) is 0 Å². The van der Waals surface area contributed by atoms with Crippen molar-refractivity contribution in [2.75, 3.05) is 13.6 Å². The topological polar surface area (TPSA) is 42.2 Å². The largest absolute Gasteiger partial charge is 0.329 e. The van der Waals surface area contributed by atoms with Crippen molar-refractivity contribution in [3.8, 4) is 0 Å². The second kappa shape index (κ2) is 5.13. The zero-order valence-corrected chi connectivity index (χ0v) is 10.3. The number of nitrogens with zero attached hydrogens (tertiary/aromatic N) is 2. The lowest BCUT2D eigenvalue weighted by atomic mass is 10.1. The van der Waals surface area contributed by atoms with Crippen LogP contribution in [0.1, 0.15) is 18.4 Å². The van der Waals surface area contributed by atoms with E-state index < -0.39 is 0 Å². The van der Waals surface area contributed by atoms with Gasteiger partial charge in [-0.15, -0.1) is 0 Å². The number of halogens is 1. The van der Waals surface area contributed by atoms with Crippen LogP contribution in [0.5, 0.6) is 0 Å². The van der Waals surface area contributed by atoms with Crippen LogP contribution in [-0.4, -0.2) is 29.5 Å². The molecule has 1 atom stereocenters. The monoisotopic (exact) mass is 239 g/mol. The molecular weight excluding hydrogens is 222 g/mol. The average Bonchev–Trinajstić information content (AvgIpc) is 3.03. The van der Waals surface area contributed by atoms with E-state index in [9.17, 15) is 0 Å². The Balaban J connectivity index is 1.97. The van der Waals surface area contributed by atoms with Crippen LogP contribution >= 0.6 is 11.6 Å². The van der Waals surface area contributed by atoms with Crippen molar-refractivity contribution >= 4 is 11.6 Å². The zero-order chi connectivity index (χ0) is 11.5. The van der Waals surface area contributed by atoms with Gasteiger partial charge in [-0.3, -0.25) is 4.90 Å². The van der Waals surface area contributed by atoms with Crippen LogP contribution < -0.4 is 5.73 Å². The average molecular weight is 240 g/mol. The van der Waals surface area contributed by atoms with Gasteiger partial charge in [0.25, 0.3) is 0 Å². The summed E-state index contributed by atoms with van der Waals surface area (Å²) in [5, 5.41) is 0.557. The Labute approximate surface area is 102 Å². The molecule has 1 aliphatic rings. The fourth-order valence-electron chi connectivity index (χ4n) is 2.16. The SMILES string of the molecule is CN(Cc1ccnc(Cl)c1)C(CN)C1CC1. The van der Waals surface area contributed by atoms with E-state index in [0.29, 0.717) is 11.2 Å². The van der Waals surface area contributed by atoms with Crippen molar-refractivity contribution in [1.82, 2.24) is 9.88 Å². The van der Waals surface area contributed by atoms with Crippen LogP contribution in [0.2, 0.25) is 5.15 Å². The van der Waals surface area contributed by atoms with E-state index >= 15 is 0 Å². The number of hydrogen-bond acceptors (Lipinski definition) is 3. The first-order chi connectivity index (χ1) is 7.70. The summed E-state index contributed by atoms with van der Waals surface area (Å²) in [4.78, 5) is 6.30. The minimum atomic E-state index is 0.506. The third-order valence-corrected chi connectivity index (χ3v) is 3.40. The first-order valence-electron chi connectivity index (χ1n) is 5.71. The Morgan fingerprint density at radius 1 is 1.62 bits per heavy atom. The molecule has 88 valence electrons. The fraction of sp³-hybridized carbons (Fsp3) is 0.583. The molecule has 2 N–H and O–H groups in total. The molecule has 1 aromatic heterocycles. The highest BCUT2D eigenvalue weighted by molar-refractivity contribution is 6.29. The van der Waals surface area contributed by atoms with Gasteiger partial charge in [0.2, 0.25) is 0 Å². The molecule has 0 spiro atoms. The molecular formula is C12H18ClN3. The van der Waals surface area contributed by atoms with E-state index in [1.807, 2.05) is 12.1 Å². The first kappa shape index (κ1) is 11.8. The van der Waals surface area contributed by atoms with Crippen LogP contribution in [0.15, 0.2) is 18.3 Å². The Hall–Kier alpha value is -0.640. The molecule has 0 amide bonds. The summed E-state index contributed by atoms with van der Waals surface area (Å²) in [5.41, 5.74) is 7.01. The summed E-state index contributed by atoms with van der Waals surface area (Å²) in [6.45, 7) is 1.63. The Morgan fingerprint density at radius 2 is 2.38 bits per heavy atom. The van der Waals surface area contributed by atoms with Gasteiger partial charge in [-0.05, 0) is 43.5 Å². The normalized spacial score (nSPS) is 17.8. The number of rotatable bonds is 5. The maximum absolute atomic E-state index is 5.86. The molecule has 4 heteroatoms. The van der Waals surface area contributed by atoms with Crippen LogP contribution in [0, 0.1) is 5.92 Å². The maximum atomic E-state index is 5.86. The third-order valence-electron chi connectivity index (χ3n) is 3.20. The van der Waals surface area contributed by atoms with Gasteiger partial charge in [-0.2, -0.15) is 0 Å². The molecule has 0 bridgehead atoms. The van der Waals surface area contributed by atoms with Gasteiger partial charge in [-0.25, -0.2) is 4.98 Å². The number of likely N-dealkylation sites (N-methyl/N-ethyl adjacent to an activating group) is 1. The van der Waals surface area contributed by atoms with E-state index in [4.69, 9.17) is 17.3 Å². The summed E-state index contributed by atoms with van der Waals surface area (Å²) in [7, 11) is 2.13. The molecule has 0 aromatic carbocycles. The summed E-state index contributed by atoms with van der Waals surface area (Å²) in [6, 6.07) is 4.42. The van der Waals surface area contributed by atoms with Crippen LogP contribution in [0.4, 0.5) is 0 Å². The number of pyridine rings is 1. The summed E-state index contributed by atoms with van der Waals surface area (Å²) >= 11 is 5.86. The molecule has 1 fully saturated rings. The molecule has 1 saturated carbocycles. The minimum absolute atomic E-state index is 0.506. The lowest BCUT2D eigenvalue weighted by Crippen LogP contribution is -2.39. The second-order valence-corrected chi connectivity index (χ2v) is 4.93. The molecule has 1 aliphatic carbocycles. The lowest BCUT2D eigenvalue weighted by molar-refractivity contribution is 0.215. The van der Waals surface area contributed by atoms with E-state index in [-0.39, 0.29) is 0 Å². The Kier molecular flexibility index (Phi) is 3.79. The first-order valence-corrected chi connectivity index (χ1v) is 6.09. The maximum Gasteiger partial charge on any atom is 0.129 e. The quantitative estimate of drug-likeness (QED) is 0.799. The second-order valence-electron chi connectivity index (χ2n) is 4.54. The third kappa shape index (κ3) is 2.94.